The van der Waals surface area contributed by atoms with E-state index in [4.69, 9.17) is 14.0 Å². The van der Waals surface area contributed by atoms with Crippen LogP contribution in [0.2, 0.25) is 0 Å². The quantitative estimate of drug-likeness (QED) is 0.611. The third kappa shape index (κ3) is 4.46. The van der Waals surface area contributed by atoms with Crippen molar-refractivity contribution in [2.24, 2.45) is 0 Å². The predicted molar refractivity (Wildman–Crippen MR) is 107 cm³/mol. The van der Waals surface area contributed by atoms with E-state index in [0.29, 0.717) is 49.9 Å². The standard InChI is InChI=1S/C21H23N5O4/c1-14-24-18(30-25-14)7-8-19(27)26-11-12-29-17(13-26)21-20(22-9-10-23-21)15-3-5-16(28-2)6-4-15/h3-6,9-10,17H,7-8,11-13H2,1-2H3. The number of carbonyl (C=O) groups is 1. The van der Waals surface area contributed by atoms with Crippen LogP contribution in [0.4, 0.5) is 0 Å². The van der Waals surface area contributed by atoms with Crippen LogP contribution in [0.1, 0.15) is 29.9 Å². The molecule has 2 aromatic heterocycles. The van der Waals surface area contributed by atoms with Gasteiger partial charge in [0.2, 0.25) is 11.8 Å². The van der Waals surface area contributed by atoms with E-state index in [1.54, 1.807) is 31.3 Å². The Hall–Kier alpha value is -3.33. The summed E-state index contributed by atoms with van der Waals surface area (Å²) in [6, 6.07) is 7.63. The van der Waals surface area contributed by atoms with Gasteiger partial charge in [-0.15, -0.1) is 0 Å². The summed E-state index contributed by atoms with van der Waals surface area (Å²) in [5.74, 6) is 1.83. The highest BCUT2D eigenvalue weighted by Crippen LogP contribution is 2.30. The Morgan fingerprint density at radius 1 is 1.23 bits per heavy atom. The van der Waals surface area contributed by atoms with Gasteiger partial charge in [0.15, 0.2) is 5.82 Å². The highest BCUT2D eigenvalue weighted by Gasteiger charge is 2.28. The number of rotatable bonds is 6. The Kier molecular flexibility index (Phi) is 5.99. The summed E-state index contributed by atoms with van der Waals surface area (Å²) in [4.78, 5) is 27.7. The van der Waals surface area contributed by atoms with E-state index in [0.717, 1.165) is 17.0 Å². The SMILES string of the molecule is COc1ccc(-c2nccnc2C2CN(C(=O)CCc3nc(C)no3)CCO2)cc1. The Bertz CT molecular complexity index is 1000. The zero-order valence-electron chi connectivity index (χ0n) is 16.9. The maximum atomic E-state index is 12.7. The molecule has 0 spiro atoms. The molecular formula is C21H23N5O4. The fourth-order valence-electron chi connectivity index (χ4n) is 3.41. The van der Waals surface area contributed by atoms with Gasteiger partial charge in [-0.1, -0.05) is 5.16 Å². The van der Waals surface area contributed by atoms with Gasteiger partial charge < -0.3 is 18.9 Å². The summed E-state index contributed by atoms with van der Waals surface area (Å²) < 4.78 is 16.3. The van der Waals surface area contributed by atoms with Crippen LogP contribution in [0.3, 0.4) is 0 Å². The van der Waals surface area contributed by atoms with Gasteiger partial charge in [0.05, 0.1) is 31.6 Å². The van der Waals surface area contributed by atoms with Crippen LogP contribution in [0.25, 0.3) is 11.3 Å². The van der Waals surface area contributed by atoms with Crippen molar-refractivity contribution in [2.45, 2.75) is 25.9 Å². The topological polar surface area (TPSA) is 103 Å². The number of morpholine rings is 1. The normalized spacial score (nSPS) is 16.5. The highest BCUT2D eigenvalue weighted by molar-refractivity contribution is 5.76. The van der Waals surface area contributed by atoms with Gasteiger partial charge in [0.1, 0.15) is 11.9 Å². The molecule has 3 heterocycles. The van der Waals surface area contributed by atoms with E-state index < -0.39 is 0 Å². The van der Waals surface area contributed by atoms with Crippen molar-refractivity contribution in [2.75, 3.05) is 26.8 Å². The monoisotopic (exact) mass is 409 g/mol. The van der Waals surface area contributed by atoms with E-state index in [1.165, 1.54) is 0 Å². The molecule has 0 bridgehead atoms. The molecule has 3 aromatic rings. The number of hydrogen-bond acceptors (Lipinski definition) is 8. The number of carbonyl (C=O) groups excluding carboxylic acids is 1. The number of nitrogens with zero attached hydrogens (tertiary/aromatic N) is 5. The first-order valence-electron chi connectivity index (χ1n) is 9.78. The molecule has 156 valence electrons. The minimum atomic E-state index is -0.348. The van der Waals surface area contributed by atoms with Crippen molar-refractivity contribution < 1.29 is 18.8 Å². The number of hydrogen-bond donors (Lipinski definition) is 0. The molecule has 4 rings (SSSR count). The first-order chi connectivity index (χ1) is 14.6. The fourth-order valence-corrected chi connectivity index (χ4v) is 3.41. The number of amides is 1. The van der Waals surface area contributed by atoms with Crippen LogP contribution in [0, 0.1) is 6.92 Å². The van der Waals surface area contributed by atoms with Gasteiger partial charge in [-0.25, -0.2) is 0 Å². The number of aromatic nitrogens is 4. The van der Waals surface area contributed by atoms with E-state index in [9.17, 15) is 4.79 Å². The summed E-state index contributed by atoms with van der Waals surface area (Å²) in [6.45, 7) is 3.15. The Morgan fingerprint density at radius 2 is 2.03 bits per heavy atom. The van der Waals surface area contributed by atoms with E-state index in [1.807, 2.05) is 24.3 Å². The molecule has 0 saturated carbocycles. The maximum absolute atomic E-state index is 12.7. The molecule has 1 fully saturated rings. The number of benzene rings is 1. The van der Waals surface area contributed by atoms with Crippen molar-refractivity contribution >= 4 is 5.91 Å². The average Bonchev–Trinajstić information content (AvgIpc) is 3.22. The lowest BCUT2D eigenvalue weighted by atomic mass is 10.0. The zero-order chi connectivity index (χ0) is 20.9. The maximum Gasteiger partial charge on any atom is 0.227 e. The van der Waals surface area contributed by atoms with E-state index in [-0.39, 0.29) is 12.0 Å². The van der Waals surface area contributed by atoms with Gasteiger partial charge in [0, 0.05) is 37.3 Å². The second kappa shape index (κ2) is 9.00. The summed E-state index contributed by atoms with van der Waals surface area (Å²) in [7, 11) is 1.63. The lowest BCUT2D eigenvalue weighted by Gasteiger charge is -2.33. The van der Waals surface area contributed by atoms with Crippen LogP contribution in [0.5, 0.6) is 5.75 Å². The van der Waals surface area contributed by atoms with Crippen molar-refractivity contribution in [1.82, 2.24) is 25.0 Å². The molecule has 1 saturated heterocycles. The van der Waals surface area contributed by atoms with Crippen molar-refractivity contribution in [1.29, 1.82) is 0 Å². The summed E-state index contributed by atoms with van der Waals surface area (Å²) >= 11 is 0. The molecule has 9 nitrogen and oxygen atoms in total. The molecule has 9 heteroatoms. The molecule has 1 aromatic carbocycles. The Morgan fingerprint density at radius 3 is 2.77 bits per heavy atom. The third-order valence-corrected chi connectivity index (χ3v) is 4.94. The largest absolute Gasteiger partial charge is 0.497 e. The van der Waals surface area contributed by atoms with Crippen LogP contribution in [-0.4, -0.2) is 57.7 Å². The summed E-state index contributed by atoms with van der Waals surface area (Å²) in [5.41, 5.74) is 2.37. The molecule has 1 aliphatic rings. The summed E-state index contributed by atoms with van der Waals surface area (Å²) in [5, 5.41) is 3.75. The molecule has 30 heavy (non-hydrogen) atoms. The average molecular weight is 409 g/mol. The lowest BCUT2D eigenvalue weighted by Crippen LogP contribution is -2.42. The van der Waals surface area contributed by atoms with Crippen molar-refractivity contribution in [3.8, 4) is 17.0 Å². The molecule has 0 aliphatic carbocycles. The lowest BCUT2D eigenvalue weighted by molar-refractivity contribution is -0.139. The van der Waals surface area contributed by atoms with Gasteiger partial charge in [0.25, 0.3) is 0 Å². The van der Waals surface area contributed by atoms with Crippen molar-refractivity contribution in [3.63, 3.8) is 0 Å². The molecule has 1 atom stereocenters. The Balaban J connectivity index is 1.47. The van der Waals surface area contributed by atoms with Gasteiger partial charge in [-0.05, 0) is 31.2 Å². The minimum absolute atomic E-state index is 0.0223. The van der Waals surface area contributed by atoms with Crippen molar-refractivity contribution in [3.05, 3.63) is 54.1 Å². The van der Waals surface area contributed by atoms with Gasteiger partial charge in [-0.3, -0.25) is 14.8 Å². The smallest absolute Gasteiger partial charge is 0.227 e. The fraction of sp³-hybridized carbons (Fsp3) is 0.381. The molecule has 0 N–H and O–H groups in total. The van der Waals surface area contributed by atoms with Crippen LogP contribution in [-0.2, 0) is 16.0 Å². The molecular weight excluding hydrogens is 386 g/mol. The van der Waals surface area contributed by atoms with Gasteiger partial charge >= 0.3 is 0 Å². The summed E-state index contributed by atoms with van der Waals surface area (Å²) in [6.07, 6.45) is 3.68. The zero-order valence-corrected chi connectivity index (χ0v) is 16.9. The van der Waals surface area contributed by atoms with Crippen LogP contribution < -0.4 is 4.74 Å². The molecule has 1 amide bonds. The second-order valence-corrected chi connectivity index (χ2v) is 6.95. The van der Waals surface area contributed by atoms with Crippen LogP contribution in [0.15, 0.2) is 41.2 Å². The highest BCUT2D eigenvalue weighted by atomic mass is 16.5. The third-order valence-electron chi connectivity index (χ3n) is 4.94. The number of aryl methyl sites for hydroxylation is 2. The predicted octanol–water partition coefficient (Wildman–Crippen LogP) is 2.38. The van der Waals surface area contributed by atoms with E-state index in [2.05, 4.69) is 20.1 Å². The first-order valence-corrected chi connectivity index (χ1v) is 9.78. The van der Waals surface area contributed by atoms with E-state index >= 15 is 0 Å². The second-order valence-electron chi connectivity index (χ2n) is 6.95. The molecule has 1 unspecified atom stereocenters. The molecule has 0 radical (unpaired) electrons. The number of ether oxygens (including phenoxy) is 2. The molecule has 1 aliphatic heterocycles. The van der Waals surface area contributed by atoms with Crippen LogP contribution >= 0.6 is 0 Å². The first kappa shape index (κ1) is 20.0. The van der Waals surface area contributed by atoms with Gasteiger partial charge in [-0.2, -0.15) is 4.98 Å². The Labute approximate surface area is 174 Å². The minimum Gasteiger partial charge on any atom is -0.497 e. The number of methoxy groups -OCH3 is 1.